The molecule has 0 aliphatic rings. The van der Waals surface area contributed by atoms with Crippen LogP contribution >= 0.6 is 0 Å². The summed E-state index contributed by atoms with van der Waals surface area (Å²) in [6.07, 6.45) is 1.76. The Labute approximate surface area is 126 Å². The quantitative estimate of drug-likeness (QED) is 0.600. The normalized spacial score (nSPS) is 10.2. The van der Waals surface area contributed by atoms with E-state index in [1.54, 1.807) is 12.1 Å². The first-order valence-electron chi connectivity index (χ1n) is 7.15. The minimum absolute atomic E-state index is 0.256. The van der Waals surface area contributed by atoms with Crippen molar-refractivity contribution in [1.29, 1.82) is 0 Å². The molecule has 3 nitrogen and oxygen atoms in total. The number of esters is 1. The van der Waals surface area contributed by atoms with Crippen LogP contribution in [0.5, 0.6) is 0 Å². The summed E-state index contributed by atoms with van der Waals surface area (Å²) in [5.41, 5.74) is 2.93. The molecule has 0 heterocycles. The summed E-state index contributed by atoms with van der Waals surface area (Å²) < 4.78 is 5.30. The second-order valence-corrected chi connectivity index (χ2v) is 5.17. The molecule has 2 aromatic rings. The van der Waals surface area contributed by atoms with E-state index in [1.165, 1.54) is 5.56 Å². The second-order valence-electron chi connectivity index (χ2n) is 5.17. The van der Waals surface area contributed by atoms with E-state index < -0.39 is 0 Å². The third-order valence-electron chi connectivity index (χ3n) is 3.31. The molecule has 0 fully saturated rings. The minimum atomic E-state index is -0.256. The lowest BCUT2D eigenvalue weighted by Crippen LogP contribution is -2.10. The number of aryl methyl sites for hydroxylation is 1. The van der Waals surface area contributed by atoms with Gasteiger partial charge in [0, 0.05) is 19.8 Å². The molecule has 0 aliphatic carbocycles. The van der Waals surface area contributed by atoms with E-state index in [0.717, 1.165) is 18.5 Å². The van der Waals surface area contributed by atoms with Gasteiger partial charge < -0.3 is 9.64 Å². The van der Waals surface area contributed by atoms with E-state index in [1.807, 2.05) is 49.3 Å². The Hall–Kier alpha value is -2.29. The molecular weight excluding hydrogens is 262 g/mol. The Morgan fingerprint density at radius 2 is 1.67 bits per heavy atom. The van der Waals surface area contributed by atoms with Gasteiger partial charge in [0.15, 0.2) is 0 Å². The first kappa shape index (κ1) is 15.1. The summed E-state index contributed by atoms with van der Waals surface area (Å²) in [6.45, 7) is 0.448. The molecule has 2 rings (SSSR count). The van der Waals surface area contributed by atoms with Gasteiger partial charge in [-0.2, -0.15) is 0 Å². The monoisotopic (exact) mass is 283 g/mol. The number of hydrogen-bond donors (Lipinski definition) is 0. The lowest BCUT2D eigenvalue weighted by Gasteiger charge is -2.12. The van der Waals surface area contributed by atoms with Gasteiger partial charge >= 0.3 is 5.97 Å². The van der Waals surface area contributed by atoms with E-state index in [9.17, 15) is 4.79 Å². The Kier molecular flexibility index (Phi) is 5.38. The second kappa shape index (κ2) is 7.48. The lowest BCUT2D eigenvalue weighted by molar-refractivity contribution is 0.0500. The molecule has 0 aliphatic heterocycles. The van der Waals surface area contributed by atoms with Crippen LogP contribution in [0.25, 0.3) is 0 Å². The molecule has 0 aromatic heterocycles. The fourth-order valence-electron chi connectivity index (χ4n) is 2.06. The zero-order valence-electron chi connectivity index (χ0n) is 12.6. The van der Waals surface area contributed by atoms with Gasteiger partial charge in [0.1, 0.15) is 0 Å². The zero-order valence-corrected chi connectivity index (χ0v) is 12.6. The molecule has 0 saturated heterocycles. The van der Waals surface area contributed by atoms with Gasteiger partial charge in [-0.25, -0.2) is 4.79 Å². The average Bonchev–Trinajstić information content (AvgIpc) is 2.52. The number of benzene rings is 2. The highest BCUT2D eigenvalue weighted by Crippen LogP contribution is 2.13. The maximum atomic E-state index is 11.9. The predicted octanol–water partition coefficient (Wildman–Crippen LogP) is 3.54. The molecule has 0 radical (unpaired) electrons. The van der Waals surface area contributed by atoms with Gasteiger partial charge in [-0.3, -0.25) is 0 Å². The van der Waals surface area contributed by atoms with Crippen LogP contribution in [0.2, 0.25) is 0 Å². The van der Waals surface area contributed by atoms with Gasteiger partial charge in [-0.1, -0.05) is 30.3 Å². The third kappa shape index (κ3) is 4.63. The summed E-state index contributed by atoms with van der Waals surface area (Å²) in [5.74, 6) is -0.256. The average molecular weight is 283 g/mol. The Balaban J connectivity index is 1.76. The number of carbonyl (C=O) groups excluding carboxylic acids is 1. The van der Waals surface area contributed by atoms with Crippen LogP contribution in [-0.2, 0) is 11.2 Å². The number of ether oxygens (including phenoxy) is 1. The maximum absolute atomic E-state index is 11.9. The van der Waals surface area contributed by atoms with Crippen LogP contribution in [-0.4, -0.2) is 26.7 Å². The summed E-state index contributed by atoms with van der Waals surface area (Å²) in [4.78, 5) is 13.9. The summed E-state index contributed by atoms with van der Waals surface area (Å²) in [7, 11) is 3.94. The van der Waals surface area contributed by atoms with Gasteiger partial charge in [-0.15, -0.1) is 0 Å². The number of carbonyl (C=O) groups is 1. The molecular formula is C18H21NO2. The third-order valence-corrected chi connectivity index (χ3v) is 3.31. The number of nitrogens with zero attached hydrogens (tertiary/aromatic N) is 1. The molecule has 3 heteroatoms. The van der Waals surface area contributed by atoms with Crippen molar-refractivity contribution in [3.05, 3.63) is 65.7 Å². The van der Waals surface area contributed by atoms with Crippen LogP contribution in [0.1, 0.15) is 22.3 Å². The highest BCUT2D eigenvalue weighted by Gasteiger charge is 2.07. The fourth-order valence-corrected chi connectivity index (χ4v) is 2.06. The van der Waals surface area contributed by atoms with Crippen LogP contribution in [0, 0.1) is 0 Å². The first-order chi connectivity index (χ1) is 10.2. The fraction of sp³-hybridized carbons (Fsp3) is 0.278. The van der Waals surface area contributed by atoms with Crippen LogP contribution in [0.15, 0.2) is 54.6 Å². The molecule has 0 N–H and O–H groups in total. The van der Waals surface area contributed by atoms with E-state index in [-0.39, 0.29) is 5.97 Å². The van der Waals surface area contributed by atoms with Crippen molar-refractivity contribution in [3.63, 3.8) is 0 Å². The largest absolute Gasteiger partial charge is 0.462 e. The molecule has 110 valence electrons. The van der Waals surface area contributed by atoms with Crippen molar-refractivity contribution in [2.45, 2.75) is 12.8 Å². The van der Waals surface area contributed by atoms with Crippen molar-refractivity contribution in [1.82, 2.24) is 0 Å². The smallest absolute Gasteiger partial charge is 0.338 e. The molecule has 21 heavy (non-hydrogen) atoms. The molecule has 0 bridgehead atoms. The number of hydrogen-bond acceptors (Lipinski definition) is 3. The van der Waals surface area contributed by atoms with Crippen molar-refractivity contribution in [2.75, 3.05) is 25.6 Å². The Morgan fingerprint density at radius 1 is 1.00 bits per heavy atom. The van der Waals surface area contributed by atoms with Crippen molar-refractivity contribution in [3.8, 4) is 0 Å². The number of anilines is 1. The number of rotatable bonds is 6. The predicted molar refractivity (Wildman–Crippen MR) is 85.8 cm³/mol. The molecule has 0 unspecified atom stereocenters. The summed E-state index contributed by atoms with van der Waals surface area (Å²) >= 11 is 0. The molecule has 0 saturated carbocycles. The highest BCUT2D eigenvalue weighted by atomic mass is 16.5. The minimum Gasteiger partial charge on any atom is -0.462 e. The van der Waals surface area contributed by atoms with Gasteiger partial charge in [0.25, 0.3) is 0 Å². The van der Waals surface area contributed by atoms with Crippen molar-refractivity contribution >= 4 is 11.7 Å². The molecule has 0 amide bonds. The van der Waals surface area contributed by atoms with E-state index in [0.29, 0.717) is 12.2 Å². The summed E-state index contributed by atoms with van der Waals surface area (Å²) in [5, 5.41) is 0. The first-order valence-corrected chi connectivity index (χ1v) is 7.15. The SMILES string of the molecule is CN(C)c1ccc(C(=O)OCCCc2ccccc2)cc1. The van der Waals surface area contributed by atoms with E-state index in [4.69, 9.17) is 4.74 Å². The van der Waals surface area contributed by atoms with E-state index in [2.05, 4.69) is 12.1 Å². The zero-order chi connectivity index (χ0) is 15.1. The van der Waals surface area contributed by atoms with Crippen LogP contribution in [0.3, 0.4) is 0 Å². The highest BCUT2D eigenvalue weighted by molar-refractivity contribution is 5.89. The molecule has 0 atom stereocenters. The maximum Gasteiger partial charge on any atom is 0.338 e. The van der Waals surface area contributed by atoms with Gasteiger partial charge in [-0.05, 0) is 42.7 Å². The topological polar surface area (TPSA) is 29.5 Å². The molecule has 0 spiro atoms. The van der Waals surface area contributed by atoms with E-state index >= 15 is 0 Å². The Morgan fingerprint density at radius 3 is 2.29 bits per heavy atom. The Bertz CT molecular complexity index is 562. The lowest BCUT2D eigenvalue weighted by atomic mass is 10.1. The van der Waals surface area contributed by atoms with Gasteiger partial charge in [0.2, 0.25) is 0 Å². The molecule has 2 aromatic carbocycles. The van der Waals surface area contributed by atoms with Gasteiger partial charge in [0.05, 0.1) is 12.2 Å². The standard InChI is InChI=1S/C18H21NO2/c1-19(2)17-12-10-16(11-13-17)18(20)21-14-6-9-15-7-4-3-5-8-15/h3-5,7-8,10-13H,6,9,14H2,1-2H3. The van der Waals surface area contributed by atoms with Crippen LogP contribution < -0.4 is 4.90 Å². The summed E-state index contributed by atoms with van der Waals surface area (Å²) in [6, 6.07) is 17.6. The van der Waals surface area contributed by atoms with Crippen molar-refractivity contribution < 1.29 is 9.53 Å². The van der Waals surface area contributed by atoms with Crippen molar-refractivity contribution in [2.24, 2.45) is 0 Å². The van der Waals surface area contributed by atoms with Crippen LogP contribution in [0.4, 0.5) is 5.69 Å².